The molecule has 1 atom stereocenters. The van der Waals surface area contributed by atoms with E-state index in [1.165, 1.54) is 12.8 Å². The molecule has 1 aromatic rings. The van der Waals surface area contributed by atoms with Crippen LogP contribution in [0.25, 0.3) is 0 Å². The maximum absolute atomic E-state index is 5.55. The lowest BCUT2D eigenvalue weighted by atomic mass is 10.1. The molecular weight excluding hydrogens is 238 g/mol. The zero-order valence-electron chi connectivity index (χ0n) is 12.6. The fourth-order valence-corrected chi connectivity index (χ4v) is 2.18. The Morgan fingerprint density at radius 1 is 1.32 bits per heavy atom. The second-order valence-corrected chi connectivity index (χ2v) is 4.83. The Balaban J connectivity index is 3.13. The highest BCUT2D eigenvalue weighted by atomic mass is 15.3. The summed E-state index contributed by atoms with van der Waals surface area (Å²) in [6.45, 7) is 9.80. The molecule has 3 N–H and O–H groups in total. The summed E-state index contributed by atoms with van der Waals surface area (Å²) in [5, 5.41) is 0. The summed E-state index contributed by atoms with van der Waals surface area (Å²) >= 11 is 0. The number of nitrogens with two attached hydrogens (primary N) is 1. The zero-order valence-corrected chi connectivity index (χ0v) is 12.6. The van der Waals surface area contributed by atoms with E-state index in [1.54, 1.807) is 6.33 Å². The first-order valence-electron chi connectivity index (χ1n) is 7.26. The van der Waals surface area contributed by atoms with Crippen molar-refractivity contribution >= 4 is 11.6 Å². The third-order valence-corrected chi connectivity index (χ3v) is 3.56. The number of hydrogen-bond donors (Lipinski definition) is 2. The van der Waals surface area contributed by atoms with Gasteiger partial charge in [0.1, 0.15) is 18.0 Å². The first-order valence-corrected chi connectivity index (χ1v) is 7.26. The fraction of sp³-hybridized carbons (Fsp3) is 0.714. The minimum Gasteiger partial charge on any atom is -0.354 e. The smallest absolute Gasteiger partial charge is 0.148 e. The number of aromatic nitrogens is 2. The molecule has 1 aromatic heterocycles. The topological polar surface area (TPSA) is 67.1 Å². The number of anilines is 2. The minimum absolute atomic E-state index is 0.470. The third-order valence-electron chi connectivity index (χ3n) is 3.56. The van der Waals surface area contributed by atoms with Gasteiger partial charge >= 0.3 is 0 Å². The first-order chi connectivity index (χ1) is 9.19. The van der Waals surface area contributed by atoms with Gasteiger partial charge in [-0.3, -0.25) is 0 Å². The summed E-state index contributed by atoms with van der Waals surface area (Å²) in [6, 6.07) is 0.470. The Morgan fingerprint density at radius 3 is 2.58 bits per heavy atom. The van der Waals surface area contributed by atoms with Crippen LogP contribution in [0.4, 0.5) is 11.6 Å². The fourth-order valence-electron chi connectivity index (χ4n) is 2.18. The molecule has 1 unspecified atom stereocenters. The summed E-state index contributed by atoms with van der Waals surface area (Å²) < 4.78 is 0. The van der Waals surface area contributed by atoms with Crippen molar-refractivity contribution in [2.45, 2.75) is 59.4 Å². The summed E-state index contributed by atoms with van der Waals surface area (Å²) in [5.74, 6) is 7.30. The minimum atomic E-state index is 0.470. The van der Waals surface area contributed by atoms with Crippen molar-refractivity contribution in [2.24, 2.45) is 5.84 Å². The van der Waals surface area contributed by atoms with Crippen molar-refractivity contribution in [3.63, 3.8) is 0 Å². The average Bonchev–Trinajstić information content (AvgIpc) is 2.46. The number of nitrogens with zero attached hydrogens (tertiary/aromatic N) is 3. The van der Waals surface area contributed by atoms with E-state index in [-0.39, 0.29) is 0 Å². The van der Waals surface area contributed by atoms with Crippen molar-refractivity contribution in [3.05, 3.63) is 11.9 Å². The SMILES string of the molecule is CCCCN(c1ncnc(NN)c1CC)C(C)CC. The Bertz CT molecular complexity index is 380. The van der Waals surface area contributed by atoms with Crippen LogP contribution in [0.1, 0.15) is 52.5 Å². The Morgan fingerprint density at radius 2 is 2.05 bits per heavy atom. The molecule has 0 aliphatic heterocycles. The molecule has 0 radical (unpaired) electrons. The van der Waals surface area contributed by atoms with Crippen LogP contribution in [-0.2, 0) is 6.42 Å². The van der Waals surface area contributed by atoms with Crippen molar-refractivity contribution in [3.8, 4) is 0 Å². The number of nitrogen functional groups attached to an aromatic ring is 1. The lowest BCUT2D eigenvalue weighted by Gasteiger charge is -2.31. The summed E-state index contributed by atoms with van der Waals surface area (Å²) in [6.07, 6.45) is 5.91. The normalized spacial score (nSPS) is 12.3. The number of hydrazine groups is 1. The van der Waals surface area contributed by atoms with Gasteiger partial charge in [-0.25, -0.2) is 15.8 Å². The zero-order chi connectivity index (χ0) is 14.3. The van der Waals surface area contributed by atoms with Crippen LogP contribution in [0.2, 0.25) is 0 Å². The largest absolute Gasteiger partial charge is 0.354 e. The average molecular weight is 265 g/mol. The molecule has 0 saturated heterocycles. The molecule has 19 heavy (non-hydrogen) atoms. The molecule has 0 aliphatic carbocycles. The highest BCUT2D eigenvalue weighted by Gasteiger charge is 2.19. The third kappa shape index (κ3) is 3.80. The summed E-state index contributed by atoms with van der Waals surface area (Å²) in [5.41, 5.74) is 3.78. The molecule has 108 valence electrons. The van der Waals surface area contributed by atoms with E-state index < -0.39 is 0 Å². The molecule has 5 nitrogen and oxygen atoms in total. The number of rotatable bonds is 8. The van der Waals surface area contributed by atoms with E-state index in [0.29, 0.717) is 6.04 Å². The van der Waals surface area contributed by atoms with Crippen molar-refractivity contribution < 1.29 is 0 Å². The van der Waals surface area contributed by atoms with Crippen LogP contribution in [-0.4, -0.2) is 22.6 Å². The molecular formula is C14H27N5. The molecule has 0 aromatic carbocycles. The highest BCUT2D eigenvalue weighted by molar-refractivity contribution is 5.58. The van der Waals surface area contributed by atoms with Crippen LogP contribution in [0.3, 0.4) is 0 Å². The summed E-state index contributed by atoms with van der Waals surface area (Å²) in [4.78, 5) is 11.1. The van der Waals surface area contributed by atoms with Crippen LogP contribution in [0.5, 0.6) is 0 Å². The van der Waals surface area contributed by atoms with Crippen LogP contribution >= 0.6 is 0 Å². The van der Waals surface area contributed by atoms with E-state index >= 15 is 0 Å². The molecule has 0 bridgehead atoms. The highest BCUT2D eigenvalue weighted by Crippen LogP contribution is 2.26. The van der Waals surface area contributed by atoms with Crippen LogP contribution in [0.15, 0.2) is 6.33 Å². The van der Waals surface area contributed by atoms with Gasteiger partial charge in [-0.05, 0) is 26.2 Å². The standard InChI is InChI=1S/C14H27N5/c1-5-8-9-19(11(4)6-2)14-12(7-3)13(18-15)16-10-17-14/h10-11H,5-9,15H2,1-4H3,(H,16,17,18). The van der Waals surface area contributed by atoms with Gasteiger partial charge in [0.05, 0.1) is 0 Å². The Kier molecular flexibility index (Phi) is 6.56. The van der Waals surface area contributed by atoms with Crippen LogP contribution in [0, 0.1) is 0 Å². The summed E-state index contributed by atoms with van der Waals surface area (Å²) in [7, 11) is 0. The molecule has 1 rings (SSSR count). The second-order valence-electron chi connectivity index (χ2n) is 4.83. The van der Waals surface area contributed by atoms with E-state index in [4.69, 9.17) is 5.84 Å². The van der Waals surface area contributed by atoms with Gasteiger partial charge in [0.15, 0.2) is 0 Å². The molecule has 0 fully saturated rings. The quantitative estimate of drug-likeness (QED) is 0.559. The van der Waals surface area contributed by atoms with Crippen molar-refractivity contribution in [1.82, 2.24) is 9.97 Å². The predicted molar refractivity (Wildman–Crippen MR) is 81.2 cm³/mol. The van der Waals surface area contributed by atoms with Crippen molar-refractivity contribution in [1.29, 1.82) is 0 Å². The Labute approximate surface area is 116 Å². The maximum Gasteiger partial charge on any atom is 0.148 e. The van der Waals surface area contributed by atoms with Gasteiger partial charge < -0.3 is 10.3 Å². The lowest BCUT2D eigenvalue weighted by Crippen LogP contribution is -2.35. The monoisotopic (exact) mass is 265 g/mol. The first kappa shape index (κ1) is 15.7. The lowest BCUT2D eigenvalue weighted by molar-refractivity contribution is 0.586. The van der Waals surface area contributed by atoms with E-state index in [9.17, 15) is 0 Å². The van der Waals surface area contributed by atoms with E-state index in [0.717, 1.165) is 36.6 Å². The number of hydrogen-bond acceptors (Lipinski definition) is 5. The maximum atomic E-state index is 5.55. The molecule has 0 aliphatic rings. The van der Waals surface area contributed by atoms with Crippen molar-refractivity contribution in [2.75, 3.05) is 16.9 Å². The van der Waals surface area contributed by atoms with Gasteiger partial charge in [0.2, 0.25) is 0 Å². The molecule has 0 spiro atoms. The number of nitrogens with one attached hydrogen (secondary N) is 1. The number of unbranched alkanes of at least 4 members (excludes halogenated alkanes) is 1. The van der Waals surface area contributed by atoms with Gasteiger partial charge in [0, 0.05) is 18.2 Å². The molecule has 0 saturated carbocycles. The predicted octanol–water partition coefficient (Wildman–Crippen LogP) is 2.73. The van der Waals surface area contributed by atoms with Gasteiger partial charge in [0.25, 0.3) is 0 Å². The van der Waals surface area contributed by atoms with Gasteiger partial charge in [-0.2, -0.15) is 0 Å². The molecule has 1 heterocycles. The Hall–Kier alpha value is -1.36. The van der Waals surface area contributed by atoms with Gasteiger partial charge in [-0.15, -0.1) is 0 Å². The molecule has 5 heteroatoms. The van der Waals surface area contributed by atoms with Gasteiger partial charge in [-0.1, -0.05) is 27.2 Å². The second kappa shape index (κ2) is 7.94. The van der Waals surface area contributed by atoms with E-state index in [2.05, 4.69) is 48.0 Å². The van der Waals surface area contributed by atoms with E-state index in [1.807, 2.05) is 0 Å². The van der Waals surface area contributed by atoms with Crippen LogP contribution < -0.4 is 16.2 Å². The molecule has 0 amide bonds.